The number of aromatic nitrogens is 6. The van der Waals surface area contributed by atoms with Crippen LogP contribution in [0.1, 0.15) is 110 Å². The minimum Gasteiger partial charge on any atom is -0.476 e. The summed E-state index contributed by atoms with van der Waals surface area (Å²) in [6.45, 7) is 5.41. The smallest absolute Gasteiger partial charge is 0.356 e. The molecular weight excluding hydrogens is 721 g/mol. The number of aryl methyl sites for hydroxylation is 2. The van der Waals surface area contributed by atoms with Gasteiger partial charge < -0.3 is 24.5 Å². The highest BCUT2D eigenvalue weighted by Gasteiger charge is 2.48. The number of benzene rings is 1. The van der Waals surface area contributed by atoms with Gasteiger partial charge in [0.2, 0.25) is 11.8 Å². The van der Waals surface area contributed by atoms with Crippen LogP contribution in [0.2, 0.25) is 0 Å². The number of anilines is 2. The standard InChI is InChI=1S/C41H49F2N9O4/c1-25(53)50-17-11-35-33(24-50)39(51-14-3-4-26-18-31(27-22-44-48(2)23-27)32(38(42)43)19-36(26)51)47-52(35)29-9-15-49(16-10-29)28-7-12-41(13-8-28)20-30(21-41)56-37-6-5-34(40(54)55)45-46-37/h5-6,18-19,22-23,28-30,38H,3-4,7-17,20-21,24H2,1-2H3,(H,54,55). The van der Waals surface area contributed by atoms with Crippen molar-refractivity contribution in [3.8, 4) is 17.0 Å². The number of carbonyl (C=O) groups is 2. The van der Waals surface area contributed by atoms with Gasteiger partial charge in [0.25, 0.3) is 6.43 Å². The Bertz CT molecular complexity index is 2110. The van der Waals surface area contributed by atoms with Crippen LogP contribution in [0.5, 0.6) is 5.88 Å². The molecule has 5 aliphatic rings. The van der Waals surface area contributed by atoms with E-state index in [2.05, 4.69) is 29.8 Å². The quantitative estimate of drug-likeness (QED) is 0.212. The lowest BCUT2D eigenvalue weighted by Gasteiger charge is -2.52. The fourth-order valence-electron chi connectivity index (χ4n) is 10.2. The van der Waals surface area contributed by atoms with Crippen LogP contribution in [0.15, 0.2) is 36.7 Å². The zero-order valence-corrected chi connectivity index (χ0v) is 32.0. The average Bonchev–Trinajstić information content (AvgIpc) is 3.80. The number of halogens is 2. The second kappa shape index (κ2) is 14.5. The maximum Gasteiger partial charge on any atom is 0.356 e. The Balaban J connectivity index is 0.886. The summed E-state index contributed by atoms with van der Waals surface area (Å²) in [4.78, 5) is 30.4. The van der Waals surface area contributed by atoms with Crippen molar-refractivity contribution in [2.24, 2.45) is 12.5 Å². The normalized spacial score (nSPS) is 24.2. The average molecular weight is 770 g/mol. The third kappa shape index (κ3) is 6.81. The summed E-state index contributed by atoms with van der Waals surface area (Å²) in [5.74, 6) is 0.108. The molecule has 0 bridgehead atoms. The van der Waals surface area contributed by atoms with Crippen molar-refractivity contribution in [3.05, 3.63) is 64.7 Å². The number of alkyl halides is 2. The van der Waals surface area contributed by atoms with E-state index < -0.39 is 12.4 Å². The van der Waals surface area contributed by atoms with Crippen LogP contribution >= 0.6 is 0 Å². The van der Waals surface area contributed by atoms with Gasteiger partial charge >= 0.3 is 5.97 Å². The first-order valence-corrected chi connectivity index (χ1v) is 20.1. The first kappa shape index (κ1) is 36.7. The number of piperidine rings is 1. The monoisotopic (exact) mass is 769 g/mol. The first-order valence-electron chi connectivity index (χ1n) is 20.1. The molecule has 0 radical (unpaired) electrons. The van der Waals surface area contributed by atoms with Crippen LogP contribution in [-0.4, -0.2) is 94.9 Å². The molecule has 13 nitrogen and oxygen atoms in total. The first-order chi connectivity index (χ1) is 27.0. The molecule has 1 spiro atoms. The van der Waals surface area contributed by atoms with Gasteiger partial charge in [0.15, 0.2) is 11.5 Å². The SMILES string of the molecule is CC(=O)N1CCc2c(c(N3CCCc4cc(-c5cnn(C)c5)c(C(F)F)cc43)nn2C2CCN(C3CCC4(CC3)CC(Oc3ccc(C(=O)O)nn3)C4)CC2)C1. The van der Waals surface area contributed by atoms with Crippen LogP contribution in [-0.2, 0) is 31.2 Å². The molecule has 2 saturated carbocycles. The summed E-state index contributed by atoms with van der Waals surface area (Å²) < 4.78 is 39.3. The second-order valence-electron chi connectivity index (χ2n) is 16.6. The number of nitrogens with zero attached hydrogens (tertiary/aromatic N) is 9. The number of amides is 1. The fraction of sp³-hybridized carbons (Fsp3) is 0.561. The van der Waals surface area contributed by atoms with Crippen molar-refractivity contribution >= 4 is 23.4 Å². The van der Waals surface area contributed by atoms with Crippen molar-refractivity contribution in [3.63, 3.8) is 0 Å². The van der Waals surface area contributed by atoms with Gasteiger partial charge in [-0.2, -0.15) is 10.2 Å². The van der Waals surface area contributed by atoms with Crippen molar-refractivity contribution in [2.45, 2.75) is 109 Å². The molecule has 1 saturated heterocycles. The zero-order chi connectivity index (χ0) is 38.7. The molecule has 4 aromatic rings. The molecule has 296 valence electrons. The van der Waals surface area contributed by atoms with E-state index in [-0.39, 0.29) is 29.3 Å². The highest BCUT2D eigenvalue weighted by molar-refractivity contribution is 5.85. The molecule has 1 aromatic carbocycles. The van der Waals surface area contributed by atoms with Gasteiger partial charge in [-0.25, -0.2) is 13.6 Å². The maximum atomic E-state index is 14.7. The number of ether oxygens (including phenoxy) is 1. The molecule has 6 heterocycles. The second-order valence-corrected chi connectivity index (χ2v) is 16.6. The van der Waals surface area contributed by atoms with Gasteiger partial charge in [0.05, 0.1) is 18.8 Å². The lowest BCUT2D eigenvalue weighted by molar-refractivity contribution is -0.129. The van der Waals surface area contributed by atoms with Crippen LogP contribution in [0.4, 0.5) is 20.3 Å². The Morgan fingerprint density at radius 1 is 0.982 bits per heavy atom. The number of aromatic carboxylic acids is 1. The number of carbonyl (C=O) groups excluding carboxylic acids is 1. The Morgan fingerprint density at radius 2 is 1.77 bits per heavy atom. The molecule has 15 heteroatoms. The number of likely N-dealkylation sites (tertiary alicyclic amines) is 1. The molecule has 0 unspecified atom stereocenters. The van der Waals surface area contributed by atoms with E-state index in [4.69, 9.17) is 14.9 Å². The van der Waals surface area contributed by atoms with Gasteiger partial charge in [-0.3, -0.25) is 14.2 Å². The summed E-state index contributed by atoms with van der Waals surface area (Å²) in [5, 5.41) is 26.3. The van der Waals surface area contributed by atoms with Crippen molar-refractivity contribution in [1.82, 2.24) is 39.6 Å². The van der Waals surface area contributed by atoms with Gasteiger partial charge in [0, 0.05) is 92.9 Å². The Hall–Kier alpha value is -4.92. The lowest BCUT2D eigenvalue weighted by atomic mass is 9.58. The van der Waals surface area contributed by atoms with Crippen molar-refractivity contribution in [1.29, 1.82) is 0 Å². The molecule has 3 aliphatic heterocycles. The summed E-state index contributed by atoms with van der Waals surface area (Å²) in [7, 11) is 1.79. The summed E-state index contributed by atoms with van der Waals surface area (Å²) in [6.07, 6.45) is 11.9. The summed E-state index contributed by atoms with van der Waals surface area (Å²) >= 11 is 0. The largest absolute Gasteiger partial charge is 0.476 e. The van der Waals surface area contributed by atoms with Gasteiger partial charge in [0.1, 0.15) is 6.10 Å². The summed E-state index contributed by atoms with van der Waals surface area (Å²) in [5.41, 5.74) is 5.44. The van der Waals surface area contributed by atoms with Gasteiger partial charge in [-0.15, -0.1) is 10.2 Å². The minimum atomic E-state index is -2.65. The number of hydrogen-bond acceptors (Lipinski definition) is 9. The van der Waals surface area contributed by atoms with Crippen molar-refractivity contribution in [2.75, 3.05) is 31.1 Å². The topological polar surface area (TPSA) is 135 Å². The number of hydrogen-bond donors (Lipinski definition) is 1. The molecule has 1 N–H and O–H groups in total. The van der Waals surface area contributed by atoms with E-state index in [1.165, 1.54) is 37.4 Å². The van der Waals surface area contributed by atoms with Crippen LogP contribution in [0, 0.1) is 5.41 Å². The number of carboxylic acids is 1. The minimum absolute atomic E-state index is 0.00608. The molecule has 0 atom stereocenters. The number of fused-ring (bicyclic) bond motifs is 2. The third-order valence-electron chi connectivity index (χ3n) is 13.2. The molecular formula is C41H49F2N9O4. The van der Waals surface area contributed by atoms with Crippen LogP contribution in [0.3, 0.4) is 0 Å². The molecule has 3 fully saturated rings. The zero-order valence-electron chi connectivity index (χ0n) is 32.0. The lowest BCUT2D eigenvalue weighted by Crippen LogP contribution is -2.50. The van der Waals surface area contributed by atoms with Gasteiger partial charge in [-0.05, 0) is 98.9 Å². The van der Waals surface area contributed by atoms with E-state index in [1.807, 2.05) is 11.0 Å². The fourth-order valence-corrected chi connectivity index (χ4v) is 10.2. The molecule has 2 aliphatic carbocycles. The number of carboxylic acid groups (broad SMARTS) is 1. The highest BCUT2D eigenvalue weighted by Crippen LogP contribution is 2.53. The van der Waals surface area contributed by atoms with E-state index in [1.54, 1.807) is 43.2 Å². The predicted molar refractivity (Wildman–Crippen MR) is 203 cm³/mol. The van der Waals surface area contributed by atoms with E-state index in [0.717, 1.165) is 80.7 Å². The van der Waals surface area contributed by atoms with Gasteiger partial charge in [-0.1, -0.05) is 0 Å². The number of rotatable bonds is 8. The van der Waals surface area contributed by atoms with Crippen molar-refractivity contribution < 1.29 is 28.2 Å². The third-order valence-corrected chi connectivity index (χ3v) is 13.2. The van der Waals surface area contributed by atoms with E-state index in [9.17, 15) is 18.4 Å². The van der Waals surface area contributed by atoms with E-state index >= 15 is 0 Å². The Morgan fingerprint density at radius 3 is 2.43 bits per heavy atom. The van der Waals surface area contributed by atoms with Crippen LogP contribution in [0.25, 0.3) is 11.1 Å². The van der Waals surface area contributed by atoms with Crippen LogP contribution < -0.4 is 9.64 Å². The molecule has 1 amide bonds. The summed E-state index contributed by atoms with van der Waals surface area (Å²) in [6, 6.07) is 7.39. The Labute approximate surface area is 324 Å². The molecule has 3 aromatic heterocycles. The highest BCUT2D eigenvalue weighted by atomic mass is 19.3. The Kier molecular flexibility index (Phi) is 9.53. The predicted octanol–water partition coefficient (Wildman–Crippen LogP) is 6.51. The maximum absolute atomic E-state index is 14.7. The molecule has 56 heavy (non-hydrogen) atoms. The molecule has 9 rings (SSSR count). The van der Waals surface area contributed by atoms with E-state index in [0.29, 0.717) is 48.1 Å².